The molecule has 6 nitrogen and oxygen atoms in total. The summed E-state index contributed by atoms with van der Waals surface area (Å²) in [5.41, 5.74) is 0.705. The van der Waals surface area contributed by atoms with Gasteiger partial charge in [0.2, 0.25) is 0 Å². The lowest BCUT2D eigenvalue weighted by molar-refractivity contribution is -0.140. The van der Waals surface area contributed by atoms with Crippen LogP contribution in [0.2, 0.25) is 5.02 Å². The third-order valence-corrected chi connectivity index (χ3v) is 3.14. The van der Waals surface area contributed by atoms with Gasteiger partial charge in [0, 0.05) is 17.1 Å². The normalized spacial score (nSPS) is 11.9. The topological polar surface area (TPSA) is 87.7 Å². The van der Waals surface area contributed by atoms with E-state index in [1.807, 2.05) is 0 Å². The molecule has 1 rings (SSSR count). The van der Waals surface area contributed by atoms with Crippen LogP contribution in [0.3, 0.4) is 0 Å². The number of methoxy groups -OCH3 is 1. The van der Waals surface area contributed by atoms with Crippen LogP contribution in [-0.2, 0) is 11.3 Å². The molecule has 0 fully saturated rings. The molecule has 1 unspecified atom stereocenters. The number of aliphatic carboxylic acids is 1. The van der Waals surface area contributed by atoms with Crippen LogP contribution in [0, 0.1) is 5.92 Å². The Morgan fingerprint density at radius 2 is 2.05 bits per heavy atom. The van der Waals surface area contributed by atoms with E-state index in [9.17, 15) is 9.59 Å². The highest BCUT2D eigenvalue weighted by atomic mass is 35.5. The Balaban J connectivity index is 2.65. The summed E-state index contributed by atoms with van der Waals surface area (Å²) >= 11 is 5.89. The van der Waals surface area contributed by atoms with Gasteiger partial charge in [0.15, 0.2) is 0 Å². The molecule has 0 saturated heterocycles. The number of benzene rings is 1. The highest BCUT2D eigenvalue weighted by Crippen LogP contribution is 2.22. The molecule has 0 aromatic heterocycles. The van der Waals surface area contributed by atoms with E-state index >= 15 is 0 Å². The summed E-state index contributed by atoms with van der Waals surface area (Å²) < 4.78 is 5.17. The zero-order chi connectivity index (χ0) is 16.0. The van der Waals surface area contributed by atoms with Gasteiger partial charge in [-0.2, -0.15) is 0 Å². The Morgan fingerprint density at radius 1 is 1.38 bits per heavy atom. The predicted molar refractivity (Wildman–Crippen MR) is 79.6 cm³/mol. The van der Waals surface area contributed by atoms with Gasteiger partial charge in [0.25, 0.3) is 0 Å². The first-order valence-electron chi connectivity index (χ1n) is 6.44. The fourth-order valence-electron chi connectivity index (χ4n) is 1.77. The smallest absolute Gasteiger partial charge is 0.326 e. The van der Waals surface area contributed by atoms with Gasteiger partial charge in [-0.15, -0.1) is 0 Å². The highest BCUT2D eigenvalue weighted by Gasteiger charge is 2.23. The summed E-state index contributed by atoms with van der Waals surface area (Å²) in [6, 6.07) is 3.57. The van der Waals surface area contributed by atoms with Crippen molar-refractivity contribution in [2.45, 2.75) is 26.4 Å². The molecule has 7 heteroatoms. The summed E-state index contributed by atoms with van der Waals surface area (Å²) in [4.78, 5) is 22.8. The average Bonchev–Trinajstić information content (AvgIpc) is 2.42. The van der Waals surface area contributed by atoms with Crippen molar-refractivity contribution in [3.8, 4) is 5.75 Å². The van der Waals surface area contributed by atoms with Gasteiger partial charge < -0.3 is 20.5 Å². The van der Waals surface area contributed by atoms with Crippen LogP contribution in [0.25, 0.3) is 0 Å². The zero-order valence-electron chi connectivity index (χ0n) is 12.1. The van der Waals surface area contributed by atoms with E-state index in [1.165, 1.54) is 7.11 Å². The van der Waals surface area contributed by atoms with E-state index in [2.05, 4.69) is 10.6 Å². The molecule has 0 aliphatic carbocycles. The second-order valence-electron chi connectivity index (χ2n) is 4.84. The predicted octanol–water partition coefficient (Wildman–Crippen LogP) is 2.26. The van der Waals surface area contributed by atoms with Crippen molar-refractivity contribution < 1.29 is 19.4 Å². The Hall–Kier alpha value is -1.95. The van der Waals surface area contributed by atoms with Gasteiger partial charge >= 0.3 is 12.0 Å². The van der Waals surface area contributed by atoms with Gasteiger partial charge in [-0.25, -0.2) is 9.59 Å². The molecule has 0 aliphatic rings. The minimum absolute atomic E-state index is 0.181. The Labute approximate surface area is 128 Å². The Kier molecular flexibility index (Phi) is 6.30. The van der Waals surface area contributed by atoms with E-state index in [4.69, 9.17) is 21.4 Å². The van der Waals surface area contributed by atoms with Crippen molar-refractivity contribution in [3.63, 3.8) is 0 Å². The van der Waals surface area contributed by atoms with E-state index in [-0.39, 0.29) is 12.5 Å². The van der Waals surface area contributed by atoms with Gasteiger partial charge in [-0.05, 0) is 24.1 Å². The number of rotatable bonds is 6. The first-order chi connectivity index (χ1) is 9.85. The van der Waals surface area contributed by atoms with Crippen LogP contribution in [-0.4, -0.2) is 30.3 Å². The SMILES string of the molecule is COc1ccc(Cl)cc1CNC(=O)NC(C(=O)O)C(C)C. The number of carboxylic acid groups (broad SMARTS) is 1. The molecule has 0 spiro atoms. The van der Waals surface area contributed by atoms with Gasteiger partial charge in [0.1, 0.15) is 11.8 Å². The number of halogens is 1. The number of hydrogen-bond donors (Lipinski definition) is 3. The molecule has 0 saturated carbocycles. The number of carboxylic acids is 1. The van der Waals surface area contributed by atoms with Crippen molar-refractivity contribution in [3.05, 3.63) is 28.8 Å². The largest absolute Gasteiger partial charge is 0.496 e. The molecule has 1 aromatic carbocycles. The van der Waals surface area contributed by atoms with Gasteiger partial charge in [-0.1, -0.05) is 25.4 Å². The summed E-state index contributed by atoms with van der Waals surface area (Å²) in [5.74, 6) is -0.687. The van der Waals surface area contributed by atoms with Gasteiger partial charge in [-0.3, -0.25) is 0 Å². The molecule has 21 heavy (non-hydrogen) atoms. The van der Waals surface area contributed by atoms with Crippen LogP contribution in [0.1, 0.15) is 19.4 Å². The molecule has 0 aliphatic heterocycles. The van der Waals surface area contributed by atoms with Gasteiger partial charge in [0.05, 0.1) is 7.11 Å². The van der Waals surface area contributed by atoms with Crippen molar-refractivity contribution in [1.29, 1.82) is 0 Å². The first kappa shape index (κ1) is 17.1. The lowest BCUT2D eigenvalue weighted by Crippen LogP contribution is -2.48. The molecule has 116 valence electrons. The summed E-state index contributed by atoms with van der Waals surface area (Å²) in [6.45, 7) is 3.62. The molecule has 0 heterocycles. The van der Waals surface area contributed by atoms with Crippen LogP contribution < -0.4 is 15.4 Å². The summed E-state index contributed by atoms with van der Waals surface area (Å²) in [5, 5.41) is 14.5. The molecule has 1 atom stereocenters. The minimum Gasteiger partial charge on any atom is -0.496 e. The van der Waals surface area contributed by atoms with E-state index in [0.717, 1.165) is 0 Å². The van der Waals surface area contributed by atoms with Crippen molar-refractivity contribution in [2.24, 2.45) is 5.92 Å². The molecule has 1 aromatic rings. The summed E-state index contributed by atoms with van der Waals surface area (Å²) in [7, 11) is 1.52. The first-order valence-corrected chi connectivity index (χ1v) is 6.82. The third kappa shape index (κ3) is 5.15. The minimum atomic E-state index is -1.07. The molecule has 0 radical (unpaired) electrons. The average molecular weight is 315 g/mol. The number of ether oxygens (including phenoxy) is 1. The highest BCUT2D eigenvalue weighted by molar-refractivity contribution is 6.30. The standard InChI is InChI=1S/C14H19ClN2O4/c1-8(2)12(13(18)19)17-14(20)16-7-9-6-10(15)4-5-11(9)21-3/h4-6,8,12H,7H2,1-3H3,(H,18,19)(H2,16,17,20). The number of amides is 2. The Morgan fingerprint density at radius 3 is 2.57 bits per heavy atom. The molecular formula is C14H19ClN2O4. The Bertz CT molecular complexity index is 520. The lowest BCUT2D eigenvalue weighted by atomic mass is 10.1. The maximum absolute atomic E-state index is 11.8. The second kappa shape index (κ2) is 7.73. The fourth-order valence-corrected chi connectivity index (χ4v) is 1.96. The summed E-state index contributed by atoms with van der Waals surface area (Å²) in [6.07, 6.45) is 0. The number of urea groups is 1. The molecule has 2 amide bonds. The van der Waals surface area contributed by atoms with Crippen molar-refractivity contribution in [1.82, 2.24) is 10.6 Å². The fraction of sp³-hybridized carbons (Fsp3) is 0.429. The molecular weight excluding hydrogens is 296 g/mol. The van der Waals surface area contributed by atoms with Crippen LogP contribution in [0.5, 0.6) is 5.75 Å². The number of carbonyl (C=O) groups excluding carboxylic acids is 1. The monoisotopic (exact) mass is 314 g/mol. The molecule has 0 bridgehead atoms. The van der Waals surface area contributed by atoms with Crippen molar-refractivity contribution >= 4 is 23.6 Å². The van der Waals surface area contributed by atoms with Crippen LogP contribution in [0.15, 0.2) is 18.2 Å². The van der Waals surface area contributed by atoms with Crippen LogP contribution in [0.4, 0.5) is 4.79 Å². The lowest BCUT2D eigenvalue weighted by Gasteiger charge is -2.18. The maximum Gasteiger partial charge on any atom is 0.326 e. The van der Waals surface area contributed by atoms with E-state index in [1.54, 1.807) is 32.0 Å². The van der Waals surface area contributed by atoms with E-state index in [0.29, 0.717) is 16.3 Å². The maximum atomic E-state index is 11.8. The van der Waals surface area contributed by atoms with Crippen molar-refractivity contribution in [2.75, 3.05) is 7.11 Å². The third-order valence-electron chi connectivity index (χ3n) is 2.90. The second-order valence-corrected chi connectivity index (χ2v) is 5.28. The zero-order valence-corrected chi connectivity index (χ0v) is 12.9. The number of nitrogens with one attached hydrogen (secondary N) is 2. The van der Waals surface area contributed by atoms with E-state index < -0.39 is 18.0 Å². The number of carbonyl (C=O) groups is 2. The van der Waals surface area contributed by atoms with Crippen LogP contribution >= 0.6 is 11.6 Å². The number of hydrogen-bond acceptors (Lipinski definition) is 3. The quantitative estimate of drug-likeness (QED) is 0.751. The molecule has 3 N–H and O–H groups in total.